The quantitative estimate of drug-likeness (QED) is 0.721. The monoisotopic (exact) mass is 262 g/mol. The number of hydrogen-bond acceptors (Lipinski definition) is 4. The number of rotatable bonds is 2. The Balaban J connectivity index is 2.04. The van der Waals surface area contributed by atoms with E-state index in [2.05, 4.69) is 5.32 Å². The molecule has 5 nitrogen and oxygen atoms in total. The van der Waals surface area contributed by atoms with Crippen LogP contribution in [0.4, 0.5) is 0 Å². The first-order chi connectivity index (χ1) is 8.01. The molecule has 2 saturated heterocycles. The SMILES string of the molecule is CC1CN(S(=O)(=O)C2CCNCC2)CCC1O. The summed E-state index contributed by atoms with van der Waals surface area (Å²) in [7, 11) is -3.16. The lowest BCUT2D eigenvalue weighted by atomic mass is 9.99. The Morgan fingerprint density at radius 3 is 2.47 bits per heavy atom. The van der Waals surface area contributed by atoms with Gasteiger partial charge in [0.1, 0.15) is 0 Å². The fraction of sp³-hybridized carbons (Fsp3) is 1.00. The van der Waals surface area contributed by atoms with E-state index in [0.29, 0.717) is 32.4 Å². The summed E-state index contributed by atoms with van der Waals surface area (Å²) in [6.45, 7) is 4.42. The van der Waals surface area contributed by atoms with Crippen molar-refractivity contribution in [3.8, 4) is 0 Å². The molecule has 2 unspecified atom stereocenters. The molecule has 6 heteroatoms. The number of nitrogens with one attached hydrogen (secondary N) is 1. The van der Waals surface area contributed by atoms with Crippen molar-refractivity contribution < 1.29 is 13.5 Å². The van der Waals surface area contributed by atoms with Gasteiger partial charge in [-0.3, -0.25) is 0 Å². The van der Waals surface area contributed by atoms with E-state index < -0.39 is 10.0 Å². The lowest BCUT2D eigenvalue weighted by Crippen LogP contribution is -2.50. The Morgan fingerprint density at radius 2 is 1.88 bits per heavy atom. The number of nitrogens with zero attached hydrogens (tertiary/aromatic N) is 1. The molecule has 0 aromatic carbocycles. The van der Waals surface area contributed by atoms with Crippen LogP contribution in [-0.2, 0) is 10.0 Å². The zero-order valence-corrected chi connectivity index (χ0v) is 11.1. The van der Waals surface area contributed by atoms with Gasteiger partial charge in [0.2, 0.25) is 10.0 Å². The maximum absolute atomic E-state index is 12.4. The van der Waals surface area contributed by atoms with Crippen LogP contribution in [0.2, 0.25) is 0 Å². The molecule has 0 aromatic rings. The Kier molecular flexibility index (Phi) is 4.07. The maximum atomic E-state index is 12.4. The molecular weight excluding hydrogens is 240 g/mol. The third kappa shape index (κ3) is 2.81. The predicted octanol–water partition coefficient (Wildman–Crippen LogP) is -0.229. The molecule has 2 rings (SSSR count). The number of sulfonamides is 1. The van der Waals surface area contributed by atoms with Gasteiger partial charge in [-0.25, -0.2) is 12.7 Å². The van der Waals surface area contributed by atoms with Crippen LogP contribution in [0, 0.1) is 5.92 Å². The summed E-state index contributed by atoms with van der Waals surface area (Å²) in [6.07, 6.45) is 1.62. The second kappa shape index (κ2) is 5.22. The highest BCUT2D eigenvalue weighted by Crippen LogP contribution is 2.24. The van der Waals surface area contributed by atoms with Crippen LogP contribution in [0.25, 0.3) is 0 Å². The van der Waals surface area contributed by atoms with Gasteiger partial charge >= 0.3 is 0 Å². The highest BCUT2D eigenvalue weighted by Gasteiger charge is 2.37. The highest BCUT2D eigenvalue weighted by atomic mass is 32.2. The third-order valence-corrected chi connectivity index (χ3v) is 6.26. The van der Waals surface area contributed by atoms with Crippen molar-refractivity contribution in [1.82, 2.24) is 9.62 Å². The summed E-state index contributed by atoms with van der Waals surface area (Å²) < 4.78 is 26.4. The molecule has 0 radical (unpaired) electrons. The molecule has 17 heavy (non-hydrogen) atoms. The van der Waals surface area contributed by atoms with Gasteiger partial charge in [0.25, 0.3) is 0 Å². The lowest BCUT2D eigenvalue weighted by Gasteiger charge is -2.36. The number of aliphatic hydroxyl groups is 1. The fourth-order valence-corrected chi connectivity index (χ4v) is 4.69. The fourth-order valence-electron chi connectivity index (χ4n) is 2.63. The van der Waals surface area contributed by atoms with E-state index in [1.165, 1.54) is 0 Å². The summed E-state index contributed by atoms with van der Waals surface area (Å²) in [5.74, 6) is 0.0419. The highest BCUT2D eigenvalue weighted by molar-refractivity contribution is 7.89. The molecule has 0 spiro atoms. The predicted molar refractivity (Wildman–Crippen MR) is 66.2 cm³/mol. The van der Waals surface area contributed by atoms with Crippen LogP contribution in [0.1, 0.15) is 26.2 Å². The van der Waals surface area contributed by atoms with Crippen LogP contribution in [0.5, 0.6) is 0 Å². The maximum Gasteiger partial charge on any atom is 0.217 e. The minimum Gasteiger partial charge on any atom is -0.393 e. The van der Waals surface area contributed by atoms with E-state index in [4.69, 9.17) is 0 Å². The van der Waals surface area contributed by atoms with Gasteiger partial charge in [-0.05, 0) is 38.3 Å². The van der Waals surface area contributed by atoms with Crippen LogP contribution < -0.4 is 5.32 Å². The molecule has 2 heterocycles. The van der Waals surface area contributed by atoms with E-state index in [0.717, 1.165) is 13.1 Å². The first-order valence-corrected chi connectivity index (χ1v) is 7.90. The molecule has 2 N–H and O–H groups in total. The number of hydrogen-bond donors (Lipinski definition) is 2. The third-order valence-electron chi connectivity index (χ3n) is 3.89. The number of aliphatic hydroxyl groups excluding tert-OH is 1. The van der Waals surface area contributed by atoms with E-state index in [1.807, 2.05) is 6.92 Å². The average molecular weight is 262 g/mol. The van der Waals surface area contributed by atoms with Crippen molar-refractivity contribution in [3.05, 3.63) is 0 Å². The summed E-state index contributed by atoms with van der Waals surface area (Å²) in [5, 5.41) is 12.6. The van der Waals surface area contributed by atoms with Gasteiger partial charge in [0.15, 0.2) is 0 Å². The Labute approximate surface area is 103 Å². The van der Waals surface area contributed by atoms with Crippen LogP contribution in [0.15, 0.2) is 0 Å². The van der Waals surface area contributed by atoms with Crippen molar-refractivity contribution in [1.29, 1.82) is 0 Å². The van der Waals surface area contributed by atoms with Crippen LogP contribution in [-0.4, -0.2) is 55.4 Å². The van der Waals surface area contributed by atoms with Crippen molar-refractivity contribution in [3.63, 3.8) is 0 Å². The molecule has 2 aliphatic heterocycles. The first-order valence-electron chi connectivity index (χ1n) is 6.39. The molecule has 0 amide bonds. The zero-order chi connectivity index (χ0) is 12.5. The summed E-state index contributed by atoms with van der Waals surface area (Å²) in [5.41, 5.74) is 0. The topological polar surface area (TPSA) is 69.6 Å². The first kappa shape index (κ1) is 13.3. The van der Waals surface area contributed by atoms with Gasteiger partial charge in [0.05, 0.1) is 11.4 Å². The van der Waals surface area contributed by atoms with Crippen molar-refractivity contribution in [2.24, 2.45) is 5.92 Å². The van der Waals surface area contributed by atoms with Crippen molar-refractivity contribution in [2.75, 3.05) is 26.2 Å². The second-order valence-corrected chi connectivity index (χ2v) is 7.40. The van der Waals surface area contributed by atoms with E-state index in [-0.39, 0.29) is 17.3 Å². The van der Waals surface area contributed by atoms with Crippen molar-refractivity contribution in [2.45, 2.75) is 37.5 Å². The molecule has 0 bridgehead atoms. The lowest BCUT2D eigenvalue weighted by molar-refractivity contribution is 0.0624. The van der Waals surface area contributed by atoms with E-state index >= 15 is 0 Å². The van der Waals surface area contributed by atoms with Crippen LogP contribution >= 0.6 is 0 Å². The molecule has 0 aromatic heterocycles. The minimum atomic E-state index is -3.16. The molecule has 0 saturated carbocycles. The zero-order valence-electron chi connectivity index (χ0n) is 10.3. The Hall–Kier alpha value is -0.170. The molecule has 2 fully saturated rings. The summed E-state index contributed by atoms with van der Waals surface area (Å²) in [4.78, 5) is 0. The van der Waals surface area contributed by atoms with E-state index in [1.54, 1.807) is 4.31 Å². The molecule has 0 aliphatic carbocycles. The van der Waals surface area contributed by atoms with Gasteiger partial charge in [-0.15, -0.1) is 0 Å². The second-order valence-electron chi connectivity index (χ2n) is 5.19. The Morgan fingerprint density at radius 1 is 1.24 bits per heavy atom. The molecule has 100 valence electrons. The summed E-state index contributed by atoms with van der Waals surface area (Å²) >= 11 is 0. The minimum absolute atomic E-state index is 0.0419. The normalized spacial score (nSPS) is 33.8. The van der Waals surface area contributed by atoms with Crippen molar-refractivity contribution >= 4 is 10.0 Å². The number of piperidine rings is 2. The summed E-state index contributed by atoms with van der Waals surface area (Å²) in [6, 6.07) is 0. The smallest absolute Gasteiger partial charge is 0.217 e. The van der Waals surface area contributed by atoms with E-state index in [9.17, 15) is 13.5 Å². The molecular formula is C11H22N2O3S. The average Bonchev–Trinajstić information content (AvgIpc) is 2.33. The van der Waals surface area contributed by atoms with Gasteiger partial charge < -0.3 is 10.4 Å². The van der Waals surface area contributed by atoms with Gasteiger partial charge in [0, 0.05) is 13.1 Å². The van der Waals surface area contributed by atoms with Gasteiger partial charge in [-0.1, -0.05) is 6.92 Å². The standard InChI is InChI=1S/C11H22N2O3S/c1-9-8-13(7-4-11(9)14)17(15,16)10-2-5-12-6-3-10/h9-12,14H,2-8H2,1H3. The largest absolute Gasteiger partial charge is 0.393 e. The van der Waals surface area contributed by atoms with Crippen LogP contribution in [0.3, 0.4) is 0 Å². The molecule has 2 atom stereocenters. The van der Waals surface area contributed by atoms with Gasteiger partial charge in [-0.2, -0.15) is 0 Å². The molecule has 2 aliphatic rings. The Bertz CT molecular complexity index is 352.